The van der Waals surface area contributed by atoms with Crippen LogP contribution in [0, 0.1) is 0 Å². The molecule has 1 saturated heterocycles. The van der Waals surface area contributed by atoms with E-state index in [4.69, 9.17) is 0 Å². The summed E-state index contributed by atoms with van der Waals surface area (Å²) in [5, 5.41) is 3.20. The molecule has 0 amide bonds. The van der Waals surface area contributed by atoms with E-state index in [0.29, 0.717) is 10.8 Å². The van der Waals surface area contributed by atoms with E-state index in [9.17, 15) is 4.79 Å². The largest absolute Gasteiger partial charge is 0.465 e. The molecule has 0 atom stereocenters. The third-order valence-electron chi connectivity index (χ3n) is 2.20. The van der Waals surface area contributed by atoms with E-state index in [2.05, 4.69) is 10.1 Å². The topological polar surface area (TPSA) is 38.3 Å². The predicted molar refractivity (Wildman–Crippen MR) is 51.3 cm³/mol. The van der Waals surface area contributed by atoms with Gasteiger partial charge in [-0.2, -0.15) is 0 Å². The fourth-order valence-corrected chi connectivity index (χ4v) is 2.30. The lowest BCUT2D eigenvalue weighted by Crippen LogP contribution is -2.39. The first-order valence-corrected chi connectivity index (χ1v) is 5.01. The zero-order chi connectivity index (χ0) is 9.26. The van der Waals surface area contributed by atoms with Crippen LogP contribution in [0.1, 0.15) is 20.5 Å². The number of carbonyl (C=O) groups excluding carboxylic acids is 1. The summed E-state index contributed by atoms with van der Waals surface area (Å²) in [6, 6.07) is 3.85. The van der Waals surface area contributed by atoms with E-state index < -0.39 is 0 Å². The van der Waals surface area contributed by atoms with E-state index in [1.807, 2.05) is 12.1 Å². The lowest BCUT2D eigenvalue weighted by Gasteiger charge is -2.25. The lowest BCUT2D eigenvalue weighted by atomic mass is 10.0. The number of rotatable bonds is 2. The van der Waals surface area contributed by atoms with Crippen molar-refractivity contribution in [3.63, 3.8) is 0 Å². The Morgan fingerprint density at radius 1 is 1.62 bits per heavy atom. The Kier molecular flexibility index (Phi) is 2.33. The smallest absolute Gasteiger partial charge is 0.348 e. The standard InChI is InChI=1S/C9H11NO2S/c1-12-9(11)8-3-2-7(13-8)6-4-10-5-6/h2-3,6,10H,4-5H2,1H3. The minimum absolute atomic E-state index is 0.233. The first kappa shape index (κ1) is 8.72. The van der Waals surface area contributed by atoms with E-state index in [1.165, 1.54) is 23.3 Å². The molecular formula is C9H11NO2S. The highest BCUT2D eigenvalue weighted by molar-refractivity contribution is 7.14. The van der Waals surface area contributed by atoms with Crippen molar-refractivity contribution >= 4 is 17.3 Å². The average molecular weight is 197 g/mol. The predicted octanol–water partition coefficient (Wildman–Crippen LogP) is 1.22. The minimum atomic E-state index is -0.233. The summed E-state index contributed by atoms with van der Waals surface area (Å²) < 4.78 is 4.64. The molecule has 0 aliphatic carbocycles. The second kappa shape index (κ2) is 3.47. The van der Waals surface area contributed by atoms with Crippen LogP contribution in [0.15, 0.2) is 12.1 Å². The SMILES string of the molecule is COC(=O)c1ccc(C2CNC2)s1. The molecule has 1 aliphatic heterocycles. The van der Waals surface area contributed by atoms with Gasteiger partial charge in [0.2, 0.25) is 0 Å². The molecule has 0 bridgehead atoms. The van der Waals surface area contributed by atoms with Crippen molar-refractivity contribution in [2.24, 2.45) is 0 Å². The molecule has 0 saturated carbocycles. The van der Waals surface area contributed by atoms with E-state index in [1.54, 1.807) is 0 Å². The van der Waals surface area contributed by atoms with Crippen LogP contribution in [0.4, 0.5) is 0 Å². The lowest BCUT2D eigenvalue weighted by molar-refractivity contribution is 0.0606. The maximum absolute atomic E-state index is 11.1. The normalized spacial score (nSPS) is 16.7. The molecule has 13 heavy (non-hydrogen) atoms. The highest BCUT2D eigenvalue weighted by atomic mass is 32.1. The Morgan fingerprint density at radius 3 is 2.92 bits per heavy atom. The third-order valence-corrected chi connectivity index (χ3v) is 3.42. The molecular weight excluding hydrogens is 186 g/mol. The fourth-order valence-electron chi connectivity index (χ4n) is 1.27. The number of nitrogens with one attached hydrogen (secondary N) is 1. The van der Waals surface area contributed by atoms with Crippen LogP contribution in [0.2, 0.25) is 0 Å². The summed E-state index contributed by atoms with van der Waals surface area (Å²) >= 11 is 1.53. The quantitative estimate of drug-likeness (QED) is 0.724. The molecule has 2 heterocycles. The number of methoxy groups -OCH3 is 1. The number of esters is 1. The van der Waals surface area contributed by atoms with Crippen molar-refractivity contribution < 1.29 is 9.53 Å². The van der Waals surface area contributed by atoms with E-state index in [-0.39, 0.29) is 5.97 Å². The Morgan fingerprint density at radius 2 is 2.38 bits per heavy atom. The van der Waals surface area contributed by atoms with Gasteiger partial charge in [0.15, 0.2) is 0 Å². The molecule has 0 spiro atoms. The highest BCUT2D eigenvalue weighted by Crippen LogP contribution is 2.27. The molecule has 0 aromatic carbocycles. The fraction of sp³-hybridized carbons (Fsp3) is 0.444. The maximum Gasteiger partial charge on any atom is 0.348 e. The highest BCUT2D eigenvalue weighted by Gasteiger charge is 2.21. The second-order valence-corrected chi connectivity index (χ2v) is 4.16. The van der Waals surface area contributed by atoms with Crippen molar-refractivity contribution in [1.29, 1.82) is 0 Å². The summed E-state index contributed by atoms with van der Waals surface area (Å²) in [6.07, 6.45) is 0. The first-order chi connectivity index (χ1) is 6.31. The average Bonchev–Trinajstić information content (AvgIpc) is 2.49. The van der Waals surface area contributed by atoms with Crippen LogP contribution in [0.5, 0.6) is 0 Å². The Bertz CT molecular complexity index is 317. The molecule has 1 N–H and O–H groups in total. The molecule has 1 aliphatic rings. The maximum atomic E-state index is 11.1. The van der Waals surface area contributed by atoms with Crippen LogP contribution in [-0.2, 0) is 4.74 Å². The van der Waals surface area contributed by atoms with Gasteiger partial charge in [0.25, 0.3) is 0 Å². The number of hydrogen-bond donors (Lipinski definition) is 1. The van der Waals surface area contributed by atoms with Crippen molar-refractivity contribution in [3.05, 3.63) is 21.9 Å². The summed E-state index contributed by atoms with van der Waals surface area (Å²) in [6.45, 7) is 2.06. The zero-order valence-corrected chi connectivity index (χ0v) is 8.19. The monoisotopic (exact) mass is 197 g/mol. The van der Waals surface area contributed by atoms with Gasteiger partial charge >= 0.3 is 5.97 Å². The molecule has 2 rings (SSSR count). The van der Waals surface area contributed by atoms with E-state index >= 15 is 0 Å². The third kappa shape index (κ3) is 1.59. The number of carbonyl (C=O) groups is 1. The van der Waals surface area contributed by atoms with Crippen molar-refractivity contribution in [3.8, 4) is 0 Å². The van der Waals surface area contributed by atoms with Gasteiger partial charge in [0, 0.05) is 23.9 Å². The van der Waals surface area contributed by atoms with Gasteiger partial charge in [-0.15, -0.1) is 11.3 Å². The van der Waals surface area contributed by atoms with Gasteiger partial charge in [-0.05, 0) is 12.1 Å². The second-order valence-electron chi connectivity index (χ2n) is 3.05. The molecule has 70 valence electrons. The first-order valence-electron chi connectivity index (χ1n) is 4.20. The van der Waals surface area contributed by atoms with Crippen molar-refractivity contribution in [2.75, 3.05) is 20.2 Å². The molecule has 4 heteroatoms. The summed E-state index contributed by atoms with van der Waals surface area (Å²) in [4.78, 5) is 13.1. The number of hydrogen-bond acceptors (Lipinski definition) is 4. The summed E-state index contributed by atoms with van der Waals surface area (Å²) in [5.41, 5.74) is 0. The Balaban J connectivity index is 2.12. The van der Waals surface area contributed by atoms with Gasteiger partial charge in [-0.1, -0.05) is 0 Å². The molecule has 1 fully saturated rings. The van der Waals surface area contributed by atoms with Gasteiger partial charge in [-0.3, -0.25) is 0 Å². The van der Waals surface area contributed by atoms with Crippen LogP contribution in [-0.4, -0.2) is 26.2 Å². The Hall–Kier alpha value is -0.870. The van der Waals surface area contributed by atoms with Crippen molar-refractivity contribution in [1.82, 2.24) is 5.32 Å². The molecule has 0 unspecified atom stereocenters. The van der Waals surface area contributed by atoms with Crippen molar-refractivity contribution in [2.45, 2.75) is 5.92 Å². The van der Waals surface area contributed by atoms with Crippen LogP contribution < -0.4 is 5.32 Å². The minimum Gasteiger partial charge on any atom is -0.465 e. The van der Waals surface area contributed by atoms with Gasteiger partial charge in [0.05, 0.1) is 7.11 Å². The summed E-state index contributed by atoms with van der Waals surface area (Å²) in [7, 11) is 1.41. The van der Waals surface area contributed by atoms with E-state index in [0.717, 1.165) is 13.1 Å². The summed E-state index contributed by atoms with van der Waals surface area (Å²) in [5.74, 6) is 0.368. The molecule has 3 nitrogen and oxygen atoms in total. The van der Waals surface area contributed by atoms with Gasteiger partial charge in [-0.25, -0.2) is 4.79 Å². The number of ether oxygens (including phenoxy) is 1. The Labute approximate surface area is 80.7 Å². The molecule has 1 aromatic rings. The molecule has 0 radical (unpaired) electrons. The van der Waals surface area contributed by atoms with Gasteiger partial charge < -0.3 is 10.1 Å². The number of thiophene rings is 1. The van der Waals surface area contributed by atoms with Crippen LogP contribution in [0.3, 0.4) is 0 Å². The molecule has 1 aromatic heterocycles. The van der Waals surface area contributed by atoms with Crippen LogP contribution >= 0.6 is 11.3 Å². The van der Waals surface area contributed by atoms with Gasteiger partial charge in [0.1, 0.15) is 4.88 Å². The van der Waals surface area contributed by atoms with Crippen LogP contribution in [0.25, 0.3) is 0 Å². The zero-order valence-electron chi connectivity index (χ0n) is 7.37.